The number of nitrogens with zero attached hydrogens (tertiary/aromatic N) is 3. The first-order chi connectivity index (χ1) is 16.2. The summed E-state index contributed by atoms with van der Waals surface area (Å²) in [5, 5.41) is 7.27. The van der Waals surface area contributed by atoms with E-state index in [-0.39, 0.29) is 48.6 Å². The van der Waals surface area contributed by atoms with Crippen molar-refractivity contribution in [3.05, 3.63) is 76.5 Å². The van der Waals surface area contributed by atoms with Crippen LogP contribution in [0, 0.1) is 6.92 Å². The molecule has 0 radical (unpaired) electrons. The number of sulfone groups is 1. The summed E-state index contributed by atoms with van der Waals surface area (Å²) in [4.78, 5) is 38.9. The first-order valence-corrected chi connectivity index (χ1v) is 12.7. The number of aryl methyl sites for hydroxylation is 1. The molecular formula is C24H22N4O5S. The number of nitrogens with one attached hydrogen (secondary N) is 1. The van der Waals surface area contributed by atoms with E-state index >= 15 is 0 Å². The summed E-state index contributed by atoms with van der Waals surface area (Å²) >= 11 is 0. The van der Waals surface area contributed by atoms with Gasteiger partial charge in [-0.1, -0.05) is 29.8 Å². The molecule has 1 aromatic heterocycles. The highest BCUT2D eigenvalue weighted by Gasteiger charge is 2.35. The van der Waals surface area contributed by atoms with E-state index in [1.165, 1.54) is 0 Å². The van der Waals surface area contributed by atoms with Crippen molar-refractivity contribution < 1.29 is 22.8 Å². The van der Waals surface area contributed by atoms with Crippen LogP contribution < -0.4 is 5.32 Å². The van der Waals surface area contributed by atoms with Crippen molar-refractivity contribution in [1.29, 1.82) is 0 Å². The number of carbonyl (C=O) groups is 3. The van der Waals surface area contributed by atoms with E-state index in [1.807, 2.05) is 31.2 Å². The molecule has 9 nitrogen and oxygen atoms in total. The largest absolute Gasteiger partial charge is 0.310 e. The lowest BCUT2D eigenvalue weighted by Crippen LogP contribution is -2.31. The van der Waals surface area contributed by atoms with Crippen LogP contribution in [0.1, 0.15) is 50.4 Å². The average molecular weight is 479 g/mol. The lowest BCUT2D eigenvalue weighted by molar-refractivity contribution is -0.116. The molecule has 0 unspecified atom stereocenters. The molecule has 5 rings (SSSR count). The van der Waals surface area contributed by atoms with Crippen LogP contribution in [0.15, 0.2) is 48.5 Å². The molecule has 2 aromatic carbocycles. The summed E-state index contributed by atoms with van der Waals surface area (Å²) < 4.78 is 25.8. The molecule has 0 saturated carbocycles. The number of anilines is 1. The molecule has 1 N–H and O–H groups in total. The minimum absolute atomic E-state index is 0.0496. The topological polar surface area (TPSA) is 118 Å². The Morgan fingerprint density at radius 1 is 1.00 bits per heavy atom. The number of amides is 3. The minimum Gasteiger partial charge on any atom is -0.310 e. The zero-order valence-corrected chi connectivity index (χ0v) is 19.3. The van der Waals surface area contributed by atoms with Gasteiger partial charge in [0.05, 0.1) is 34.0 Å². The maximum absolute atomic E-state index is 12.8. The van der Waals surface area contributed by atoms with Gasteiger partial charge in [-0.05, 0) is 37.6 Å². The van der Waals surface area contributed by atoms with Crippen LogP contribution in [-0.2, 0) is 26.1 Å². The maximum atomic E-state index is 12.8. The third kappa shape index (κ3) is 3.90. The molecule has 10 heteroatoms. The lowest BCUT2D eigenvalue weighted by atomic mass is 10.1. The van der Waals surface area contributed by atoms with E-state index in [0.717, 1.165) is 10.5 Å². The Kier molecular flexibility index (Phi) is 5.32. The predicted octanol–water partition coefficient (Wildman–Crippen LogP) is 2.62. The molecule has 3 heterocycles. The van der Waals surface area contributed by atoms with Gasteiger partial charge in [0.2, 0.25) is 5.91 Å². The van der Waals surface area contributed by atoms with Crippen molar-refractivity contribution in [2.75, 3.05) is 11.9 Å². The van der Waals surface area contributed by atoms with Crippen molar-refractivity contribution in [2.45, 2.75) is 31.3 Å². The highest BCUT2D eigenvalue weighted by atomic mass is 32.2. The highest BCUT2D eigenvalue weighted by Crippen LogP contribution is 2.33. The van der Waals surface area contributed by atoms with Gasteiger partial charge in [-0.3, -0.25) is 19.3 Å². The summed E-state index contributed by atoms with van der Waals surface area (Å²) in [5.74, 6) is -1.08. The van der Waals surface area contributed by atoms with Gasteiger partial charge < -0.3 is 5.32 Å². The number of aromatic nitrogens is 2. The maximum Gasteiger partial charge on any atom is 0.261 e. The quantitative estimate of drug-likeness (QED) is 0.544. The van der Waals surface area contributed by atoms with E-state index in [1.54, 1.807) is 28.9 Å². The number of hydrogen-bond donors (Lipinski definition) is 1. The van der Waals surface area contributed by atoms with Gasteiger partial charge in [0.1, 0.15) is 5.82 Å². The zero-order valence-electron chi connectivity index (χ0n) is 18.4. The molecule has 0 fully saturated rings. The minimum atomic E-state index is -3.30. The van der Waals surface area contributed by atoms with Gasteiger partial charge >= 0.3 is 0 Å². The normalized spacial score (nSPS) is 16.0. The van der Waals surface area contributed by atoms with Gasteiger partial charge in [0, 0.05) is 18.5 Å². The van der Waals surface area contributed by atoms with Crippen LogP contribution in [0.3, 0.4) is 0 Å². The monoisotopic (exact) mass is 478 g/mol. The second kappa shape index (κ2) is 8.21. The number of imide groups is 1. The highest BCUT2D eigenvalue weighted by molar-refractivity contribution is 7.90. The Labute approximate surface area is 196 Å². The van der Waals surface area contributed by atoms with Crippen molar-refractivity contribution >= 4 is 33.4 Å². The smallest absolute Gasteiger partial charge is 0.261 e. The average Bonchev–Trinajstić information content (AvgIpc) is 3.36. The van der Waals surface area contributed by atoms with Gasteiger partial charge in [-0.15, -0.1) is 0 Å². The van der Waals surface area contributed by atoms with Crippen LogP contribution in [0.2, 0.25) is 0 Å². The molecule has 174 valence electrons. The molecule has 3 aromatic rings. The fourth-order valence-electron chi connectivity index (χ4n) is 4.28. The number of benzene rings is 2. The van der Waals surface area contributed by atoms with E-state index in [4.69, 9.17) is 0 Å². The molecule has 0 spiro atoms. The Bertz CT molecular complexity index is 1410. The third-order valence-corrected chi connectivity index (χ3v) is 7.43. The van der Waals surface area contributed by atoms with Gasteiger partial charge in [0.15, 0.2) is 9.84 Å². The second-order valence-corrected chi connectivity index (χ2v) is 10.6. The fraction of sp³-hybridized carbons (Fsp3) is 0.250. The SMILES string of the molecule is Cc1ccc(-n2nc3c(c2NC(=O)CCCN2C(=O)c4ccccc4C2=O)CS(=O)(=O)C3)cc1. The van der Waals surface area contributed by atoms with Crippen molar-refractivity contribution in [2.24, 2.45) is 0 Å². The van der Waals surface area contributed by atoms with Crippen LogP contribution in [0.4, 0.5) is 5.82 Å². The lowest BCUT2D eigenvalue weighted by Gasteiger charge is -2.14. The number of carbonyl (C=O) groups excluding carboxylic acids is 3. The van der Waals surface area contributed by atoms with Crippen molar-refractivity contribution in [1.82, 2.24) is 14.7 Å². The molecule has 2 aliphatic rings. The zero-order chi connectivity index (χ0) is 24.0. The predicted molar refractivity (Wildman–Crippen MR) is 124 cm³/mol. The first kappa shape index (κ1) is 22.0. The van der Waals surface area contributed by atoms with E-state index in [9.17, 15) is 22.8 Å². The fourth-order valence-corrected chi connectivity index (χ4v) is 5.77. The number of hydrogen-bond acceptors (Lipinski definition) is 6. The summed E-state index contributed by atoms with van der Waals surface area (Å²) in [6.07, 6.45) is 0.324. The molecular weight excluding hydrogens is 456 g/mol. The summed E-state index contributed by atoms with van der Waals surface area (Å²) in [6, 6.07) is 14.2. The molecule has 0 aliphatic carbocycles. The molecule has 34 heavy (non-hydrogen) atoms. The first-order valence-electron chi connectivity index (χ1n) is 10.9. The Balaban J connectivity index is 1.30. The van der Waals surface area contributed by atoms with Gasteiger partial charge in [0.25, 0.3) is 11.8 Å². The van der Waals surface area contributed by atoms with E-state index in [2.05, 4.69) is 10.4 Å². The van der Waals surface area contributed by atoms with Crippen molar-refractivity contribution in [3.8, 4) is 5.69 Å². The summed E-state index contributed by atoms with van der Waals surface area (Å²) in [6.45, 7) is 2.07. The number of fused-ring (bicyclic) bond motifs is 2. The van der Waals surface area contributed by atoms with Crippen LogP contribution in [0.25, 0.3) is 5.69 Å². The Morgan fingerprint density at radius 2 is 1.65 bits per heavy atom. The third-order valence-electron chi connectivity index (χ3n) is 5.99. The molecule has 0 saturated heterocycles. The summed E-state index contributed by atoms with van der Waals surface area (Å²) in [7, 11) is -3.30. The van der Waals surface area contributed by atoms with Crippen LogP contribution in [0.5, 0.6) is 0 Å². The number of rotatable bonds is 6. The van der Waals surface area contributed by atoms with Crippen LogP contribution >= 0.6 is 0 Å². The second-order valence-electron chi connectivity index (χ2n) is 8.51. The van der Waals surface area contributed by atoms with E-state index in [0.29, 0.717) is 33.9 Å². The molecule has 0 bridgehead atoms. The van der Waals surface area contributed by atoms with Crippen LogP contribution in [-0.4, -0.2) is 47.4 Å². The Hall–Kier alpha value is -3.79. The Morgan fingerprint density at radius 3 is 2.29 bits per heavy atom. The standard InChI is InChI=1S/C24H22N4O5S/c1-15-8-10-16(11-9-15)28-22(19-13-34(32,33)14-20(19)26-28)25-21(29)7-4-12-27-23(30)17-5-2-3-6-18(17)24(27)31/h2-3,5-6,8-11H,4,7,12-14H2,1H3,(H,25,29). The summed E-state index contributed by atoms with van der Waals surface area (Å²) in [5.41, 5.74) is 3.44. The molecule has 0 atom stereocenters. The molecule has 3 amide bonds. The van der Waals surface area contributed by atoms with Gasteiger partial charge in [-0.25, -0.2) is 13.1 Å². The molecule has 2 aliphatic heterocycles. The van der Waals surface area contributed by atoms with E-state index < -0.39 is 9.84 Å². The van der Waals surface area contributed by atoms with Crippen molar-refractivity contribution in [3.63, 3.8) is 0 Å². The van der Waals surface area contributed by atoms with Gasteiger partial charge in [-0.2, -0.15) is 5.10 Å².